The molecule has 0 aliphatic carbocycles. The number of rotatable bonds is 6. The van der Waals surface area contributed by atoms with E-state index in [-0.39, 0.29) is 24.3 Å². The van der Waals surface area contributed by atoms with Gasteiger partial charge >= 0.3 is 0 Å². The van der Waals surface area contributed by atoms with Crippen molar-refractivity contribution in [3.05, 3.63) is 71.9 Å². The molecule has 2 heterocycles. The van der Waals surface area contributed by atoms with Gasteiger partial charge in [-0.15, -0.1) is 0 Å². The van der Waals surface area contributed by atoms with Crippen LogP contribution in [0.15, 0.2) is 59.1 Å². The number of hydrogen-bond donors (Lipinski definition) is 1. The third-order valence-electron chi connectivity index (χ3n) is 5.24. The van der Waals surface area contributed by atoms with E-state index >= 15 is 0 Å². The molecule has 160 valence electrons. The third-order valence-corrected chi connectivity index (χ3v) is 5.24. The van der Waals surface area contributed by atoms with Crippen molar-refractivity contribution in [1.29, 1.82) is 0 Å². The number of nitrogens with one attached hydrogen (secondary N) is 1. The number of anilines is 1. The molecule has 1 saturated heterocycles. The first kappa shape index (κ1) is 20.6. The largest absolute Gasteiger partial charge is 0.485 e. The van der Waals surface area contributed by atoms with Crippen LogP contribution in [0.3, 0.4) is 0 Å². The fraction of sp³-hybridized carbons (Fsp3) is 0.304. The predicted octanol–water partition coefficient (Wildman–Crippen LogP) is 3.45. The van der Waals surface area contributed by atoms with Gasteiger partial charge in [-0.25, -0.2) is 0 Å². The fourth-order valence-corrected chi connectivity index (χ4v) is 3.59. The molecule has 1 aromatic heterocycles. The number of hydrogen-bond acceptors (Lipinski definition) is 6. The number of carbonyl (C=O) groups excluding carboxylic acids is 2. The monoisotopic (exact) mass is 420 g/mol. The van der Waals surface area contributed by atoms with Gasteiger partial charge in [0.1, 0.15) is 5.75 Å². The highest BCUT2D eigenvalue weighted by Crippen LogP contribution is 2.25. The highest BCUT2D eigenvalue weighted by Gasteiger charge is 2.29. The average Bonchev–Trinajstić information content (AvgIpc) is 3.23. The fourth-order valence-electron chi connectivity index (χ4n) is 3.59. The molecule has 31 heavy (non-hydrogen) atoms. The normalized spacial score (nSPS) is 14.3. The molecule has 1 fully saturated rings. The molecule has 1 aliphatic rings. The van der Waals surface area contributed by atoms with Crippen molar-refractivity contribution in [2.45, 2.75) is 26.4 Å². The van der Waals surface area contributed by atoms with E-state index in [0.717, 1.165) is 5.69 Å². The quantitative estimate of drug-likeness (QED) is 0.656. The zero-order valence-electron chi connectivity index (χ0n) is 17.3. The van der Waals surface area contributed by atoms with Gasteiger partial charge in [0.15, 0.2) is 6.61 Å². The molecule has 0 saturated carbocycles. The van der Waals surface area contributed by atoms with Crippen molar-refractivity contribution >= 4 is 17.5 Å². The lowest BCUT2D eigenvalue weighted by atomic mass is 9.95. The van der Waals surface area contributed by atoms with Gasteiger partial charge in [0.25, 0.3) is 5.91 Å². The van der Waals surface area contributed by atoms with Gasteiger partial charge in [-0.3, -0.25) is 9.59 Å². The number of benzene rings is 2. The highest BCUT2D eigenvalue weighted by atomic mass is 16.5. The number of aromatic nitrogens is 2. The van der Waals surface area contributed by atoms with Crippen LogP contribution >= 0.6 is 0 Å². The summed E-state index contributed by atoms with van der Waals surface area (Å²) >= 11 is 0. The number of likely N-dealkylation sites (tertiary alicyclic amines) is 1. The van der Waals surface area contributed by atoms with E-state index < -0.39 is 0 Å². The van der Waals surface area contributed by atoms with Crippen LogP contribution in [0.4, 0.5) is 5.69 Å². The van der Waals surface area contributed by atoms with E-state index in [4.69, 9.17) is 9.26 Å². The van der Waals surface area contributed by atoms with Crippen LogP contribution in [-0.2, 0) is 11.4 Å². The molecule has 2 aromatic carbocycles. The van der Waals surface area contributed by atoms with E-state index in [1.54, 1.807) is 30.0 Å². The molecule has 8 heteroatoms. The second-order valence-electron chi connectivity index (χ2n) is 7.44. The van der Waals surface area contributed by atoms with Crippen LogP contribution in [0, 0.1) is 12.8 Å². The summed E-state index contributed by atoms with van der Waals surface area (Å²) in [4.78, 5) is 31.5. The highest BCUT2D eigenvalue weighted by molar-refractivity contribution is 5.97. The number of aryl methyl sites for hydroxylation is 1. The summed E-state index contributed by atoms with van der Waals surface area (Å²) in [5, 5.41) is 6.75. The van der Waals surface area contributed by atoms with Gasteiger partial charge in [-0.05, 0) is 37.1 Å². The zero-order chi connectivity index (χ0) is 21.6. The molecule has 8 nitrogen and oxygen atoms in total. The van der Waals surface area contributed by atoms with Gasteiger partial charge in [0, 0.05) is 31.6 Å². The van der Waals surface area contributed by atoms with Crippen molar-refractivity contribution in [3.8, 4) is 5.75 Å². The molecule has 0 atom stereocenters. The van der Waals surface area contributed by atoms with Gasteiger partial charge in [-0.1, -0.05) is 35.5 Å². The minimum Gasteiger partial charge on any atom is -0.485 e. The van der Waals surface area contributed by atoms with Crippen molar-refractivity contribution < 1.29 is 18.8 Å². The van der Waals surface area contributed by atoms with E-state index in [1.807, 2.05) is 36.4 Å². The Bertz CT molecular complexity index is 1040. The van der Waals surface area contributed by atoms with Crippen molar-refractivity contribution in [2.75, 3.05) is 18.4 Å². The lowest BCUT2D eigenvalue weighted by molar-refractivity contribution is -0.121. The lowest BCUT2D eigenvalue weighted by Crippen LogP contribution is -2.41. The molecule has 0 spiro atoms. The Labute approximate surface area is 180 Å². The van der Waals surface area contributed by atoms with E-state index in [9.17, 15) is 9.59 Å². The summed E-state index contributed by atoms with van der Waals surface area (Å²) in [6.45, 7) is 2.86. The summed E-state index contributed by atoms with van der Waals surface area (Å²) in [6, 6.07) is 16.5. The second-order valence-corrected chi connectivity index (χ2v) is 7.44. The maximum Gasteiger partial charge on any atom is 0.257 e. The standard InChI is InChI=1S/C23H24N4O4/c1-16-24-21(26-31-16)15-30-20-10-6-5-9-19(20)23(29)27-13-11-17(12-14-27)22(28)25-18-7-3-2-4-8-18/h2-10,17H,11-15H2,1H3,(H,25,28). The zero-order valence-corrected chi connectivity index (χ0v) is 17.3. The van der Waals surface area contributed by atoms with Crippen LogP contribution in [0.2, 0.25) is 0 Å². The summed E-state index contributed by atoms with van der Waals surface area (Å²) in [5.74, 6) is 1.13. The Hall–Kier alpha value is -3.68. The third kappa shape index (κ3) is 5.09. The first-order chi connectivity index (χ1) is 15.1. The Morgan fingerprint density at radius 3 is 2.52 bits per heavy atom. The summed E-state index contributed by atoms with van der Waals surface area (Å²) in [6.07, 6.45) is 1.24. The Kier molecular flexibility index (Phi) is 6.26. The SMILES string of the molecule is Cc1nc(COc2ccccc2C(=O)N2CCC(C(=O)Nc3ccccc3)CC2)no1. The molecule has 2 amide bonds. The molecule has 0 unspecified atom stereocenters. The van der Waals surface area contributed by atoms with Crippen LogP contribution in [0.5, 0.6) is 5.75 Å². The first-order valence-corrected chi connectivity index (χ1v) is 10.3. The Balaban J connectivity index is 1.35. The number of nitrogens with zero attached hydrogens (tertiary/aromatic N) is 3. The van der Waals surface area contributed by atoms with Crippen LogP contribution < -0.4 is 10.1 Å². The van der Waals surface area contributed by atoms with Crippen LogP contribution in [0.1, 0.15) is 34.9 Å². The minimum atomic E-state index is -0.114. The predicted molar refractivity (Wildman–Crippen MR) is 114 cm³/mol. The van der Waals surface area contributed by atoms with Crippen molar-refractivity contribution in [2.24, 2.45) is 5.92 Å². The topological polar surface area (TPSA) is 97.6 Å². The minimum absolute atomic E-state index is 0.00237. The van der Waals surface area contributed by atoms with Crippen molar-refractivity contribution in [3.63, 3.8) is 0 Å². The Morgan fingerprint density at radius 2 is 1.81 bits per heavy atom. The van der Waals surface area contributed by atoms with Gasteiger partial charge in [0.2, 0.25) is 17.6 Å². The molecule has 0 radical (unpaired) electrons. The summed E-state index contributed by atoms with van der Waals surface area (Å²) < 4.78 is 10.7. The molecular formula is C23H24N4O4. The molecular weight excluding hydrogens is 396 g/mol. The van der Waals surface area contributed by atoms with E-state index in [0.29, 0.717) is 49.0 Å². The maximum atomic E-state index is 13.1. The lowest BCUT2D eigenvalue weighted by Gasteiger charge is -2.31. The Morgan fingerprint density at radius 1 is 1.10 bits per heavy atom. The number of amides is 2. The van der Waals surface area contributed by atoms with E-state index in [2.05, 4.69) is 15.5 Å². The van der Waals surface area contributed by atoms with Gasteiger partial charge < -0.3 is 19.5 Å². The number of carbonyl (C=O) groups is 2. The molecule has 1 N–H and O–H groups in total. The first-order valence-electron chi connectivity index (χ1n) is 10.3. The molecule has 0 bridgehead atoms. The number of piperidine rings is 1. The summed E-state index contributed by atoms with van der Waals surface area (Å²) in [5.41, 5.74) is 1.27. The molecule has 4 rings (SSSR count). The summed E-state index contributed by atoms with van der Waals surface area (Å²) in [7, 11) is 0. The molecule has 3 aromatic rings. The number of para-hydroxylation sites is 2. The van der Waals surface area contributed by atoms with Crippen molar-refractivity contribution in [1.82, 2.24) is 15.0 Å². The number of ether oxygens (including phenoxy) is 1. The molecule has 1 aliphatic heterocycles. The van der Waals surface area contributed by atoms with Crippen LogP contribution in [-0.4, -0.2) is 39.9 Å². The average molecular weight is 420 g/mol. The smallest absolute Gasteiger partial charge is 0.257 e. The van der Waals surface area contributed by atoms with Gasteiger partial charge in [-0.2, -0.15) is 4.98 Å². The second kappa shape index (κ2) is 9.42. The van der Waals surface area contributed by atoms with E-state index in [1.165, 1.54) is 0 Å². The van der Waals surface area contributed by atoms with Crippen LogP contribution in [0.25, 0.3) is 0 Å². The van der Waals surface area contributed by atoms with Gasteiger partial charge in [0.05, 0.1) is 5.56 Å². The maximum absolute atomic E-state index is 13.1.